The van der Waals surface area contributed by atoms with E-state index < -0.39 is 0 Å². The number of pyridine rings is 2. The number of nitrogen functional groups attached to an aromatic ring is 1. The summed E-state index contributed by atoms with van der Waals surface area (Å²) >= 11 is 0. The maximum absolute atomic E-state index is 12.3. The SMILES string of the molecule is CNC(=O)c1c(C)c(-c2cc3cc(NC(=O)C4CC4C#N)ncc3c(N)n2)c(C)n1C. The number of rotatable bonds is 4. The summed E-state index contributed by atoms with van der Waals surface area (Å²) in [5.41, 5.74) is 9.95. The Morgan fingerprint density at radius 3 is 2.71 bits per heavy atom. The summed E-state index contributed by atoms with van der Waals surface area (Å²) in [6.45, 7) is 3.81. The van der Waals surface area contributed by atoms with Crippen LogP contribution in [0.4, 0.5) is 11.6 Å². The maximum Gasteiger partial charge on any atom is 0.267 e. The van der Waals surface area contributed by atoms with E-state index in [1.165, 1.54) is 0 Å². The highest BCUT2D eigenvalue weighted by atomic mass is 16.2. The highest BCUT2D eigenvalue weighted by molar-refractivity contribution is 6.00. The number of amides is 2. The third kappa shape index (κ3) is 3.36. The third-order valence-corrected chi connectivity index (χ3v) is 5.92. The highest BCUT2D eigenvalue weighted by Crippen LogP contribution is 2.39. The van der Waals surface area contributed by atoms with E-state index in [-0.39, 0.29) is 23.7 Å². The van der Waals surface area contributed by atoms with E-state index in [0.29, 0.717) is 34.8 Å². The molecule has 0 bridgehead atoms. The molecule has 9 heteroatoms. The van der Waals surface area contributed by atoms with E-state index >= 15 is 0 Å². The van der Waals surface area contributed by atoms with Crippen molar-refractivity contribution in [1.82, 2.24) is 19.9 Å². The number of nitriles is 1. The molecule has 4 N–H and O–H groups in total. The lowest BCUT2D eigenvalue weighted by atomic mass is 10.0. The fourth-order valence-corrected chi connectivity index (χ4v) is 4.01. The van der Waals surface area contributed by atoms with Crippen molar-refractivity contribution in [3.05, 3.63) is 35.3 Å². The molecule has 0 saturated heterocycles. The van der Waals surface area contributed by atoms with E-state index in [1.807, 2.05) is 31.5 Å². The van der Waals surface area contributed by atoms with Gasteiger partial charge in [-0.25, -0.2) is 9.97 Å². The van der Waals surface area contributed by atoms with Crippen LogP contribution >= 0.6 is 0 Å². The summed E-state index contributed by atoms with van der Waals surface area (Å²) in [6, 6.07) is 5.73. The number of carbonyl (C=O) groups is 2. The molecule has 0 aromatic carbocycles. The lowest BCUT2D eigenvalue weighted by Crippen LogP contribution is -2.21. The largest absolute Gasteiger partial charge is 0.383 e. The smallest absolute Gasteiger partial charge is 0.267 e. The Morgan fingerprint density at radius 1 is 1.32 bits per heavy atom. The molecular formula is C22H23N7O2. The van der Waals surface area contributed by atoms with Crippen LogP contribution in [-0.4, -0.2) is 33.4 Å². The number of hydrogen-bond acceptors (Lipinski definition) is 6. The number of nitrogens with zero attached hydrogens (tertiary/aromatic N) is 4. The van der Waals surface area contributed by atoms with Crippen LogP contribution in [-0.2, 0) is 11.8 Å². The molecule has 9 nitrogen and oxygen atoms in total. The Balaban J connectivity index is 1.76. The van der Waals surface area contributed by atoms with Gasteiger partial charge in [0, 0.05) is 36.9 Å². The van der Waals surface area contributed by atoms with Gasteiger partial charge in [-0.3, -0.25) is 9.59 Å². The van der Waals surface area contributed by atoms with Crippen LogP contribution in [0.1, 0.15) is 28.2 Å². The fraction of sp³-hybridized carbons (Fsp3) is 0.318. The molecule has 0 aliphatic heterocycles. The van der Waals surface area contributed by atoms with Crippen LogP contribution in [0.3, 0.4) is 0 Å². The lowest BCUT2D eigenvalue weighted by molar-refractivity contribution is -0.117. The molecule has 31 heavy (non-hydrogen) atoms. The second-order valence-electron chi connectivity index (χ2n) is 7.82. The molecule has 1 fully saturated rings. The normalized spacial score (nSPS) is 17.3. The quantitative estimate of drug-likeness (QED) is 0.595. The van der Waals surface area contributed by atoms with E-state index in [2.05, 4.69) is 26.7 Å². The zero-order valence-electron chi connectivity index (χ0n) is 17.8. The van der Waals surface area contributed by atoms with Gasteiger partial charge in [0.25, 0.3) is 5.91 Å². The Hall–Kier alpha value is -3.93. The first-order valence-corrected chi connectivity index (χ1v) is 9.91. The summed E-state index contributed by atoms with van der Waals surface area (Å²) < 4.78 is 1.84. The summed E-state index contributed by atoms with van der Waals surface area (Å²) in [7, 11) is 3.43. The molecule has 0 spiro atoms. The van der Waals surface area contributed by atoms with Gasteiger partial charge in [0.15, 0.2) is 0 Å². The molecule has 1 saturated carbocycles. The molecule has 158 valence electrons. The predicted octanol–water partition coefficient (Wildman–Crippen LogP) is 2.29. The monoisotopic (exact) mass is 417 g/mol. The van der Waals surface area contributed by atoms with Gasteiger partial charge in [-0.15, -0.1) is 0 Å². The van der Waals surface area contributed by atoms with Gasteiger partial charge in [-0.1, -0.05) is 0 Å². The molecule has 3 heterocycles. The van der Waals surface area contributed by atoms with Crippen LogP contribution in [0, 0.1) is 37.0 Å². The van der Waals surface area contributed by atoms with Crippen molar-refractivity contribution in [2.24, 2.45) is 18.9 Å². The van der Waals surface area contributed by atoms with Gasteiger partial charge >= 0.3 is 0 Å². The van der Waals surface area contributed by atoms with E-state index in [9.17, 15) is 9.59 Å². The highest BCUT2D eigenvalue weighted by Gasteiger charge is 2.43. The standard InChI is InChI=1S/C22H23N7O2/c1-10-18(11(2)29(4)19(10)22(31)25-3)16-6-12-7-17(26-9-15(12)20(24)27-16)28-21(30)14-5-13(14)8-23/h6-7,9,13-14H,5H2,1-4H3,(H2,24,27)(H,25,31)(H,26,28,30). The maximum atomic E-state index is 12.3. The van der Waals surface area contributed by atoms with Gasteiger partial charge in [-0.2, -0.15) is 5.26 Å². The first kappa shape index (κ1) is 20.3. The molecule has 2 unspecified atom stereocenters. The molecular weight excluding hydrogens is 394 g/mol. The number of fused-ring (bicyclic) bond motifs is 1. The van der Waals surface area contributed by atoms with Gasteiger partial charge in [-0.05, 0) is 43.4 Å². The number of carbonyl (C=O) groups excluding carboxylic acids is 2. The molecule has 1 aliphatic carbocycles. The Kier molecular flexibility index (Phi) is 4.85. The molecule has 1 aliphatic rings. The van der Waals surface area contributed by atoms with Crippen LogP contribution in [0.2, 0.25) is 0 Å². The van der Waals surface area contributed by atoms with Crippen molar-refractivity contribution >= 4 is 34.2 Å². The minimum Gasteiger partial charge on any atom is -0.383 e. The Morgan fingerprint density at radius 2 is 2.06 bits per heavy atom. The molecule has 3 aromatic rings. The zero-order chi connectivity index (χ0) is 22.4. The number of nitrogens with two attached hydrogens (primary N) is 1. The van der Waals surface area contributed by atoms with E-state index in [4.69, 9.17) is 11.0 Å². The zero-order valence-corrected chi connectivity index (χ0v) is 17.8. The third-order valence-electron chi connectivity index (χ3n) is 5.92. The summed E-state index contributed by atoms with van der Waals surface area (Å²) in [4.78, 5) is 33.4. The van der Waals surface area contributed by atoms with Crippen LogP contribution in [0.15, 0.2) is 18.3 Å². The molecule has 2 amide bonds. The number of aromatic nitrogens is 3. The fourth-order valence-electron chi connectivity index (χ4n) is 4.01. The number of anilines is 2. The van der Waals surface area contributed by atoms with Gasteiger partial charge in [0.2, 0.25) is 5.91 Å². The number of hydrogen-bond donors (Lipinski definition) is 3. The second kappa shape index (κ2) is 7.40. The second-order valence-corrected chi connectivity index (χ2v) is 7.82. The van der Waals surface area contributed by atoms with Crippen molar-refractivity contribution in [3.63, 3.8) is 0 Å². The Bertz CT molecular complexity index is 1290. The van der Waals surface area contributed by atoms with Crippen molar-refractivity contribution in [2.45, 2.75) is 20.3 Å². The van der Waals surface area contributed by atoms with Gasteiger partial charge < -0.3 is 20.9 Å². The van der Waals surface area contributed by atoms with Crippen LogP contribution in [0.5, 0.6) is 0 Å². The van der Waals surface area contributed by atoms with Gasteiger partial charge in [0.05, 0.1) is 23.6 Å². The first-order chi connectivity index (χ1) is 14.8. The summed E-state index contributed by atoms with van der Waals surface area (Å²) in [6.07, 6.45) is 2.16. The minimum atomic E-state index is -0.279. The van der Waals surface area contributed by atoms with Crippen LogP contribution in [0.25, 0.3) is 22.0 Å². The van der Waals surface area contributed by atoms with Crippen molar-refractivity contribution in [1.29, 1.82) is 5.26 Å². The number of nitrogens with one attached hydrogen (secondary N) is 2. The van der Waals surface area contributed by atoms with Crippen LogP contribution < -0.4 is 16.4 Å². The average Bonchev–Trinajstić information content (AvgIpc) is 3.49. The topological polar surface area (TPSA) is 139 Å². The Labute approximate surface area is 179 Å². The van der Waals surface area contributed by atoms with Gasteiger partial charge in [0.1, 0.15) is 17.3 Å². The summed E-state index contributed by atoms with van der Waals surface area (Å²) in [5.74, 6) is -0.165. The molecule has 0 radical (unpaired) electrons. The van der Waals surface area contributed by atoms with E-state index in [1.54, 1.807) is 19.3 Å². The average molecular weight is 417 g/mol. The molecule has 2 atom stereocenters. The summed E-state index contributed by atoms with van der Waals surface area (Å²) in [5, 5.41) is 15.8. The van der Waals surface area contributed by atoms with Crippen molar-refractivity contribution < 1.29 is 9.59 Å². The van der Waals surface area contributed by atoms with Crippen molar-refractivity contribution in [2.75, 3.05) is 18.1 Å². The predicted molar refractivity (Wildman–Crippen MR) is 117 cm³/mol. The van der Waals surface area contributed by atoms with E-state index in [0.717, 1.165) is 22.2 Å². The first-order valence-electron chi connectivity index (χ1n) is 9.91. The molecule has 3 aromatic heterocycles. The minimum absolute atomic E-state index is 0.173. The molecule has 4 rings (SSSR count). The lowest BCUT2D eigenvalue weighted by Gasteiger charge is -2.10. The van der Waals surface area contributed by atoms with Crippen molar-refractivity contribution in [3.8, 4) is 17.3 Å².